The third-order valence-electron chi connectivity index (χ3n) is 6.92. The van der Waals surface area contributed by atoms with Crippen LogP contribution >= 0.6 is 0 Å². The zero-order chi connectivity index (χ0) is 27.7. The summed E-state index contributed by atoms with van der Waals surface area (Å²) in [6.07, 6.45) is 6.68. The summed E-state index contributed by atoms with van der Waals surface area (Å²) >= 11 is 0. The lowest BCUT2D eigenvalue weighted by Crippen LogP contribution is -2.54. The van der Waals surface area contributed by atoms with E-state index in [-0.39, 0.29) is 18.5 Å². The van der Waals surface area contributed by atoms with Gasteiger partial charge < -0.3 is 15.0 Å². The zero-order valence-corrected chi connectivity index (χ0v) is 23.8. The van der Waals surface area contributed by atoms with Crippen LogP contribution in [0, 0.1) is 6.92 Å². The van der Waals surface area contributed by atoms with E-state index >= 15 is 0 Å². The molecule has 1 N–H and O–H groups in total. The Morgan fingerprint density at radius 2 is 1.68 bits per heavy atom. The lowest BCUT2D eigenvalue weighted by atomic mass is 9.95. The number of hydrogen-bond donors (Lipinski definition) is 1. The van der Waals surface area contributed by atoms with Crippen LogP contribution in [-0.2, 0) is 26.2 Å². The molecule has 0 bridgehead atoms. The highest BCUT2D eigenvalue weighted by atomic mass is 32.2. The van der Waals surface area contributed by atoms with E-state index in [2.05, 4.69) is 5.32 Å². The van der Waals surface area contributed by atoms with Gasteiger partial charge in [-0.1, -0.05) is 68.1 Å². The number of anilines is 1. The molecule has 1 saturated carbocycles. The highest BCUT2D eigenvalue weighted by Gasteiger charge is 2.33. The lowest BCUT2D eigenvalue weighted by molar-refractivity contribution is -0.140. The molecule has 0 aromatic heterocycles. The number of amides is 2. The van der Waals surface area contributed by atoms with Crippen molar-refractivity contribution in [2.24, 2.45) is 0 Å². The molecule has 208 valence electrons. The van der Waals surface area contributed by atoms with Gasteiger partial charge in [-0.3, -0.25) is 13.9 Å². The molecule has 8 nitrogen and oxygen atoms in total. The van der Waals surface area contributed by atoms with E-state index in [0.717, 1.165) is 47.4 Å². The van der Waals surface area contributed by atoms with Gasteiger partial charge in [0.25, 0.3) is 0 Å². The predicted octanol–water partition coefficient (Wildman–Crippen LogP) is 4.42. The van der Waals surface area contributed by atoms with Gasteiger partial charge >= 0.3 is 0 Å². The van der Waals surface area contributed by atoms with Gasteiger partial charge in [0.15, 0.2) is 0 Å². The standard InChI is InChI=1S/C29H41N3O5S/c1-5-25(29(34)30-24-12-8-7-9-13-24)31(20-23-18-16-22(3)17-19-23)28(33)21-32(38(4,35)36)26-14-10-11-15-27(26)37-6-2/h10-11,14-19,24-25H,5-9,12-13,20-21H2,1-4H3,(H,30,34)/t25-/m0/s1. The molecule has 0 unspecified atom stereocenters. The third kappa shape index (κ3) is 7.96. The summed E-state index contributed by atoms with van der Waals surface area (Å²) in [5.74, 6) is -0.270. The van der Waals surface area contributed by atoms with Gasteiger partial charge in [-0.2, -0.15) is 0 Å². The number of nitrogens with one attached hydrogen (secondary N) is 1. The topological polar surface area (TPSA) is 96.0 Å². The van der Waals surface area contributed by atoms with Gasteiger partial charge in [0, 0.05) is 12.6 Å². The summed E-state index contributed by atoms with van der Waals surface area (Å²) in [6.45, 7) is 5.77. The molecule has 1 aliphatic rings. The SMILES string of the molecule is CCOc1ccccc1N(CC(=O)N(Cc1ccc(C)cc1)[C@@H](CC)C(=O)NC1CCCCC1)S(C)(=O)=O. The number of hydrogen-bond acceptors (Lipinski definition) is 5. The van der Waals surface area contributed by atoms with Crippen LogP contribution < -0.4 is 14.4 Å². The van der Waals surface area contributed by atoms with Gasteiger partial charge in [-0.15, -0.1) is 0 Å². The van der Waals surface area contributed by atoms with Crippen molar-refractivity contribution in [3.63, 3.8) is 0 Å². The minimum absolute atomic E-state index is 0.104. The summed E-state index contributed by atoms with van der Waals surface area (Å²) in [4.78, 5) is 28.9. The van der Waals surface area contributed by atoms with Crippen LogP contribution in [0.3, 0.4) is 0 Å². The van der Waals surface area contributed by atoms with E-state index in [0.29, 0.717) is 24.5 Å². The fourth-order valence-electron chi connectivity index (χ4n) is 4.89. The van der Waals surface area contributed by atoms with Crippen LogP contribution in [0.15, 0.2) is 48.5 Å². The molecular formula is C29H41N3O5S. The molecule has 1 atom stereocenters. The van der Waals surface area contributed by atoms with E-state index in [1.165, 1.54) is 11.3 Å². The second-order valence-electron chi connectivity index (χ2n) is 9.95. The third-order valence-corrected chi connectivity index (χ3v) is 8.05. The number of para-hydroxylation sites is 2. The first-order chi connectivity index (χ1) is 18.1. The molecule has 0 saturated heterocycles. The normalized spacial score (nSPS) is 14.9. The smallest absolute Gasteiger partial charge is 0.244 e. The van der Waals surface area contributed by atoms with Crippen molar-refractivity contribution < 1.29 is 22.7 Å². The first-order valence-electron chi connectivity index (χ1n) is 13.5. The van der Waals surface area contributed by atoms with E-state index in [1.54, 1.807) is 24.3 Å². The van der Waals surface area contributed by atoms with Gasteiger partial charge in [0.2, 0.25) is 21.8 Å². The average molecular weight is 544 g/mol. The number of nitrogens with zero attached hydrogens (tertiary/aromatic N) is 2. The highest BCUT2D eigenvalue weighted by molar-refractivity contribution is 7.92. The molecular weight excluding hydrogens is 502 g/mol. The van der Waals surface area contributed by atoms with Gasteiger partial charge in [0.05, 0.1) is 18.6 Å². The number of carbonyl (C=O) groups is 2. The summed E-state index contributed by atoms with van der Waals surface area (Å²) in [5, 5.41) is 3.16. The number of aryl methyl sites for hydroxylation is 1. The van der Waals surface area contributed by atoms with Gasteiger partial charge in [0.1, 0.15) is 18.3 Å². The Kier molecular flexibility index (Phi) is 10.6. The molecule has 2 aromatic rings. The van der Waals surface area contributed by atoms with Crippen LogP contribution in [0.2, 0.25) is 0 Å². The van der Waals surface area contributed by atoms with Crippen LogP contribution in [-0.4, -0.2) is 56.6 Å². The molecule has 38 heavy (non-hydrogen) atoms. The van der Waals surface area contributed by atoms with Crippen molar-refractivity contribution >= 4 is 27.5 Å². The van der Waals surface area contributed by atoms with E-state index in [4.69, 9.17) is 4.74 Å². The molecule has 0 aliphatic heterocycles. The summed E-state index contributed by atoms with van der Waals surface area (Å²) in [7, 11) is -3.84. The minimum atomic E-state index is -3.84. The first-order valence-corrected chi connectivity index (χ1v) is 15.3. The fraction of sp³-hybridized carbons (Fsp3) is 0.517. The van der Waals surface area contributed by atoms with Crippen molar-refractivity contribution in [2.45, 2.75) is 77.9 Å². The molecule has 1 fully saturated rings. The van der Waals surface area contributed by atoms with Crippen molar-refractivity contribution in [3.8, 4) is 5.75 Å². The quantitative estimate of drug-likeness (QED) is 0.428. The lowest BCUT2D eigenvalue weighted by Gasteiger charge is -2.34. The van der Waals surface area contributed by atoms with Gasteiger partial charge in [-0.25, -0.2) is 8.42 Å². The molecule has 9 heteroatoms. The largest absolute Gasteiger partial charge is 0.492 e. The Bertz CT molecular complexity index is 1180. The number of carbonyl (C=O) groups excluding carboxylic acids is 2. The van der Waals surface area contributed by atoms with Crippen LogP contribution in [0.1, 0.15) is 63.5 Å². The second kappa shape index (κ2) is 13.6. The number of ether oxygens (including phenoxy) is 1. The summed E-state index contributed by atoms with van der Waals surface area (Å²) in [5.41, 5.74) is 2.25. The Hall–Kier alpha value is -3.07. The minimum Gasteiger partial charge on any atom is -0.492 e. The molecule has 0 heterocycles. The Balaban J connectivity index is 1.93. The van der Waals surface area contributed by atoms with Crippen molar-refractivity contribution in [2.75, 3.05) is 23.7 Å². The molecule has 1 aliphatic carbocycles. The van der Waals surface area contributed by atoms with Crippen molar-refractivity contribution in [3.05, 3.63) is 59.7 Å². The number of rotatable bonds is 12. The predicted molar refractivity (Wildman–Crippen MR) is 151 cm³/mol. The van der Waals surface area contributed by atoms with Crippen LogP contribution in [0.25, 0.3) is 0 Å². The molecule has 3 rings (SSSR count). The Morgan fingerprint density at radius 3 is 2.29 bits per heavy atom. The maximum atomic E-state index is 13.9. The Morgan fingerprint density at radius 1 is 1.03 bits per heavy atom. The maximum Gasteiger partial charge on any atom is 0.244 e. The van der Waals surface area contributed by atoms with E-state index in [9.17, 15) is 18.0 Å². The van der Waals surface area contributed by atoms with E-state index < -0.39 is 28.5 Å². The van der Waals surface area contributed by atoms with Crippen LogP contribution in [0.4, 0.5) is 5.69 Å². The summed E-state index contributed by atoms with van der Waals surface area (Å²) in [6, 6.07) is 13.9. The first kappa shape index (κ1) is 29.5. The maximum absolute atomic E-state index is 13.9. The van der Waals surface area contributed by atoms with E-state index in [1.807, 2.05) is 45.0 Å². The number of benzene rings is 2. The molecule has 2 aromatic carbocycles. The summed E-state index contributed by atoms with van der Waals surface area (Å²) < 4.78 is 32.5. The fourth-order valence-corrected chi connectivity index (χ4v) is 5.74. The number of sulfonamides is 1. The molecule has 0 spiro atoms. The highest BCUT2D eigenvalue weighted by Crippen LogP contribution is 2.30. The monoisotopic (exact) mass is 543 g/mol. The van der Waals surface area contributed by atoms with Crippen LogP contribution in [0.5, 0.6) is 5.75 Å². The van der Waals surface area contributed by atoms with Gasteiger partial charge in [-0.05, 0) is 50.8 Å². The molecule has 0 radical (unpaired) electrons. The average Bonchev–Trinajstić information content (AvgIpc) is 2.89. The zero-order valence-electron chi connectivity index (χ0n) is 23.0. The molecule has 2 amide bonds. The second-order valence-corrected chi connectivity index (χ2v) is 11.9. The van der Waals surface area contributed by atoms with Crippen molar-refractivity contribution in [1.29, 1.82) is 0 Å². The van der Waals surface area contributed by atoms with Crippen molar-refractivity contribution in [1.82, 2.24) is 10.2 Å². The Labute approximate surface area is 227 Å².